The van der Waals surface area contributed by atoms with Crippen LogP contribution in [-0.2, 0) is 13.1 Å². The Labute approximate surface area is 132 Å². The summed E-state index contributed by atoms with van der Waals surface area (Å²) < 4.78 is 3.07. The van der Waals surface area contributed by atoms with E-state index in [9.17, 15) is 0 Å². The molecule has 0 amide bonds. The molecule has 0 aromatic heterocycles. The predicted octanol–water partition coefficient (Wildman–Crippen LogP) is 0.400. The molecule has 4 heteroatoms. The predicted molar refractivity (Wildman–Crippen MR) is 89.2 cm³/mol. The van der Waals surface area contributed by atoms with Gasteiger partial charge in [0.1, 0.15) is 0 Å². The summed E-state index contributed by atoms with van der Waals surface area (Å²) in [6.07, 6.45) is 0. The molecule has 2 aromatic carbocycles. The first-order valence-electron chi connectivity index (χ1n) is 6.64. The molecule has 2 aromatic rings. The van der Waals surface area contributed by atoms with E-state index in [1.807, 2.05) is 14.1 Å². The Morgan fingerprint density at radius 1 is 0.700 bits per heavy atom. The van der Waals surface area contributed by atoms with Crippen molar-refractivity contribution in [1.29, 1.82) is 0 Å². The van der Waals surface area contributed by atoms with Crippen molar-refractivity contribution in [1.82, 2.24) is 10.6 Å². The van der Waals surface area contributed by atoms with Crippen LogP contribution in [0.5, 0.6) is 0 Å². The Hall–Kier alpha value is -0.601. The van der Waals surface area contributed by atoms with Crippen molar-refractivity contribution >= 4 is 35.2 Å². The summed E-state index contributed by atoms with van der Waals surface area (Å²) in [5.41, 5.74) is 2.89. The molecule has 0 saturated heterocycles. The third-order valence-electron chi connectivity index (χ3n) is 2.90. The standard InChI is InChI=1S/C16H20N2Se2/c1-17-11-13-7-3-5-9-15(13)19-20-16-10-6-4-8-14(16)12-18-2/h3-10,17-18H,11-12H2,1-2H3. The zero-order chi connectivity index (χ0) is 14.2. The molecule has 2 rings (SSSR count). The molecule has 2 nitrogen and oxygen atoms in total. The summed E-state index contributed by atoms with van der Waals surface area (Å²) in [4.78, 5) is 0. The second-order valence-electron chi connectivity index (χ2n) is 4.44. The molecule has 0 radical (unpaired) electrons. The van der Waals surface area contributed by atoms with Gasteiger partial charge in [-0.2, -0.15) is 0 Å². The molecular weight excluding hydrogens is 378 g/mol. The van der Waals surface area contributed by atoms with Crippen LogP contribution in [0.25, 0.3) is 0 Å². The molecule has 0 heterocycles. The Balaban J connectivity index is 2.09. The van der Waals surface area contributed by atoms with Crippen LogP contribution in [-0.4, -0.2) is 40.4 Å². The minimum absolute atomic E-state index is 0.546. The molecule has 106 valence electrons. The van der Waals surface area contributed by atoms with Crippen LogP contribution in [0.1, 0.15) is 11.1 Å². The van der Waals surface area contributed by atoms with E-state index in [1.54, 1.807) is 0 Å². The van der Waals surface area contributed by atoms with Crippen LogP contribution in [0.2, 0.25) is 0 Å². The van der Waals surface area contributed by atoms with Crippen LogP contribution in [0, 0.1) is 0 Å². The Morgan fingerprint density at radius 3 is 1.50 bits per heavy atom. The topological polar surface area (TPSA) is 24.1 Å². The van der Waals surface area contributed by atoms with Crippen molar-refractivity contribution in [3.8, 4) is 0 Å². The van der Waals surface area contributed by atoms with E-state index in [1.165, 1.54) is 20.1 Å². The normalized spacial score (nSPS) is 10.7. The molecular formula is C16H20N2Se2. The maximum atomic E-state index is 3.26. The van der Waals surface area contributed by atoms with E-state index in [0.717, 1.165) is 13.1 Å². The summed E-state index contributed by atoms with van der Waals surface area (Å²) in [5.74, 6) is 0. The number of nitrogens with one attached hydrogen (secondary N) is 2. The number of rotatable bonds is 7. The fourth-order valence-corrected chi connectivity index (χ4v) is 9.41. The molecule has 0 aliphatic rings. The van der Waals surface area contributed by atoms with Gasteiger partial charge in [-0.1, -0.05) is 0 Å². The van der Waals surface area contributed by atoms with Crippen molar-refractivity contribution in [3.05, 3.63) is 59.7 Å². The molecule has 0 bridgehead atoms. The summed E-state index contributed by atoms with van der Waals surface area (Å²) in [5, 5.41) is 6.52. The van der Waals surface area contributed by atoms with Crippen molar-refractivity contribution < 1.29 is 0 Å². The quantitative estimate of drug-likeness (QED) is 0.660. The van der Waals surface area contributed by atoms with Gasteiger partial charge in [-0.05, 0) is 0 Å². The summed E-state index contributed by atoms with van der Waals surface area (Å²) in [6.45, 7) is 1.93. The molecule has 0 saturated carbocycles. The maximum absolute atomic E-state index is 3.26. The molecule has 20 heavy (non-hydrogen) atoms. The summed E-state index contributed by atoms with van der Waals surface area (Å²) >= 11 is 1.09. The fourth-order valence-electron chi connectivity index (χ4n) is 1.93. The average Bonchev–Trinajstić information content (AvgIpc) is 2.48. The Kier molecular flexibility index (Phi) is 6.81. The van der Waals surface area contributed by atoms with Crippen molar-refractivity contribution in [3.63, 3.8) is 0 Å². The Bertz CT molecular complexity index is 494. The van der Waals surface area contributed by atoms with E-state index in [2.05, 4.69) is 59.2 Å². The van der Waals surface area contributed by atoms with E-state index in [-0.39, 0.29) is 0 Å². The van der Waals surface area contributed by atoms with Gasteiger partial charge in [0, 0.05) is 0 Å². The second-order valence-corrected chi connectivity index (χ2v) is 10.6. The zero-order valence-electron chi connectivity index (χ0n) is 11.8. The van der Waals surface area contributed by atoms with E-state index in [4.69, 9.17) is 0 Å². The second kappa shape index (κ2) is 8.63. The van der Waals surface area contributed by atoms with Gasteiger partial charge < -0.3 is 0 Å². The monoisotopic (exact) mass is 400 g/mol. The van der Waals surface area contributed by atoms with Gasteiger partial charge in [0.15, 0.2) is 0 Å². The molecule has 0 spiro atoms. The third kappa shape index (κ3) is 4.46. The molecule has 0 atom stereocenters. The molecule has 0 aliphatic carbocycles. The van der Waals surface area contributed by atoms with Crippen molar-refractivity contribution in [2.45, 2.75) is 13.1 Å². The van der Waals surface area contributed by atoms with E-state index >= 15 is 0 Å². The van der Waals surface area contributed by atoms with Gasteiger partial charge in [0.2, 0.25) is 0 Å². The van der Waals surface area contributed by atoms with Gasteiger partial charge in [0.05, 0.1) is 0 Å². The van der Waals surface area contributed by atoms with Crippen LogP contribution in [0.3, 0.4) is 0 Å². The Morgan fingerprint density at radius 2 is 1.10 bits per heavy atom. The number of benzene rings is 2. The van der Waals surface area contributed by atoms with E-state index < -0.39 is 0 Å². The first kappa shape index (κ1) is 15.8. The van der Waals surface area contributed by atoms with Gasteiger partial charge >= 0.3 is 133 Å². The first-order chi connectivity index (χ1) is 9.85. The van der Waals surface area contributed by atoms with Gasteiger partial charge in [-0.15, -0.1) is 0 Å². The average molecular weight is 398 g/mol. The molecule has 0 aliphatic heterocycles. The molecule has 0 unspecified atom stereocenters. The first-order valence-corrected chi connectivity index (χ1v) is 12.7. The third-order valence-corrected chi connectivity index (χ3v) is 10.3. The van der Waals surface area contributed by atoms with E-state index in [0.29, 0.717) is 26.3 Å². The van der Waals surface area contributed by atoms with Crippen molar-refractivity contribution in [2.75, 3.05) is 14.1 Å². The summed E-state index contributed by atoms with van der Waals surface area (Å²) in [7, 11) is 4.02. The van der Waals surface area contributed by atoms with Crippen LogP contribution in [0.15, 0.2) is 48.5 Å². The van der Waals surface area contributed by atoms with Gasteiger partial charge in [0.25, 0.3) is 0 Å². The fraction of sp³-hybridized carbons (Fsp3) is 0.250. The zero-order valence-corrected chi connectivity index (χ0v) is 15.3. The molecule has 0 fully saturated rings. The number of hydrogen-bond donors (Lipinski definition) is 2. The number of hydrogen-bond acceptors (Lipinski definition) is 2. The summed E-state index contributed by atoms with van der Waals surface area (Å²) in [6, 6.07) is 17.6. The van der Waals surface area contributed by atoms with Crippen LogP contribution < -0.4 is 19.6 Å². The van der Waals surface area contributed by atoms with Crippen LogP contribution >= 0.6 is 0 Å². The van der Waals surface area contributed by atoms with Crippen molar-refractivity contribution in [2.24, 2.45) is 0 Å². The minimum atomic E-state index is 0.546. The van der Waals surface area contributed by atoms with Gasteiger partial charge in [-0.25, -0.2) is 0 Å². The van der Waals surface area contributed by atoms with Gasteiger partial charge in [-0.3, -0.25) is 0 Å². The SMILES string of the molecule is CNCc1ccccc1[Se][Se]c1ccccc1CNC. The van der Waals surface area contributed by atoms with Crippen LogP contribution in [0.4, 0.5) is 0 Å². The molecule has 2 N–H and O–H groups in total.